The molecule has 5 atom stereocenters. The van der Waals surface area contributed by atoms with Crippen LogP contribution in [-0.2, 0) is 29.1 Å². The van der Waals surface area contributed by atoms with Gasteiger partial charge in [-0.3, -0.25) is 19.1 Å². The Labute approximate surface area is 314 Å². The van der Waals surface area contributed by atoms with Crippen LogP contribution in [0, 0.1) is 5.92 Å². The molecule has 14 heteroatoms. The second-order valence-electron chi connectivity index (χ2n) is 15.5. The number of para-hydroxylation sites is 1. The molecule has 1 saturated heterocycles. The number of allylic oxidation sites excluding steroid dienone is 1. The lowest BCUT2D eigenvalue weighted by molar-refractivity contribution is -0.141. The molecule has 3 saturated carbocycles. The summed E-state index contributed by atoms with van der Waals surface area (Å²) in [6, 6.07) is 13.5. The van der Waals surface area contributed by atoms with Gasteiger partial charge in [-0.15, -0.1) is 0 Å². The first-order valence-electron chi connectivity index (χ1n) is 19.4. The van der Waals surface area contributed by atoms with Crippen LogP contribution < -0.4 is 20.1 Å². The number of pyridine rings is 1. The van der Waals surface area contributed by atoms with Crippen LogP contribution in [0.1, 0.15) is 83.5 Å². The summed E-state index contributed by atoms with van der Waals surface area (Å²) in [7, 11) is -3.88. The molecule has 2 aromatic carbocycles. The Kier molecular flexibility index (Phi) is 9.97. The lowest BCUT2D eigenvalue weighted by Crippen LogP contribution is -2.58. The third-order valence-corrected chi connectivity index (χ3v) is 13.4. The smallest absolute Gasteiger partial charge is 0.408 e. The van der Waals surface area contributed by atoms with E-state index in [2.05, 4.69) is 15.4 Å². The molecule has 3 aliphatic carbocycles. The topological polar surface area (TPSA) is 173 Å². The van der Waals surface area contributed by atoms with E-state index in [0.717, 1.165) is 60.2 Å². The first kappa shape index (κ1) is 36.3. The summed E-state index contributed by atoms with van der Waals surface area (Å²) in [5.41, 5.74) is -0.748. The Morgan fingerprint density at radius 1 is 0.870 bits per heavy atom. The average Bonchev–Trinajstić information content (AvgIpc) is 4.03. The van der Waals surface area contributed by atoms with E-state index in [4.69, 9.17) is 14.5 Å². The van der Waals surface area contributed by atoms with Gasteiger partial charge in [-0.1, -0.05) is 61.4 Å². The van der Waals surface area contributed by atoms with E-state index >= 15 is 0 Å². The number of rotatable bonds is 7. The van der Waals surface area contributed by atoms with Crippen LogP contribution in [0.4, 0.5) is 4.79 Å². The standard InChI is InChI=1S/C40H47N5O8S/c46-35-34-22-27(52-36-31-17-9-8-15-29(31)30-16-10-11-18-32(30)41-36)24-45(34)37(47)33(42-39(49)53-26-13-6-7-14-26)19-5-3-1-2-4-12-25-23-40(25,43-35)38(48)44-54(50,51)28-20-21-28/h4,8-12,15-18,25-28,33-34H,1-3,5-7,13-14,19-24H2,(H,42,49)(H,43,46)(H,44,48)/b12-4-/t25-,27-,33+,34+,40-/m1/s1. The molecule has 0 radical (unpaired) electrons. The van der Waals surface area contributed by atoms with Gasteiger partial charge >= 0.3 is 6.09 Å². The van der Waals surface area contributed by atoms with E-state index in [1.165, 1.54) is 4.90 Å². The van der Waals surface area contributed by atoms with Gasteiger partial charge in [-0.25, -0.2) is 18.2 Å². The average molecular weight is 758 g/mol. The van der Waals surface area contributed by atoms with Crippen LogP contribution in [0.15, 0.2) is 60.7 Å². The monoisotopic (exact) mass is 757 g/mol. The number of carbonyl (C=O) groups is 4. The molecule has 1 aromatic heterocycles. The molecule has 3 heterocycles. The summed E-state index contributed by atoms with van der Waals surface area (Å²) >= 11 is 0. The number of alkyl carbamates (subject to hydrolysis) is 1. The van der Waals surface area contributed by atoms with Gasteiger partial charge in [0, 0.05) is 23.1 Å². The number of sulfonamides is 1. The number of ether oxygens (including phenoxy) is 2. The second-order valence-corrected chi connectivity index (χ2v) is 17.4. The minimum atomic E-state index is -3.88. The highest BCUT2D eigenvalue weighted by Gasteiger charge is 2.62. The molecule has 286 valence electrons. The highest BCUT2D eigenvalue weighted by Crippen LogP contribution is 2.46. The van der Waals surface area contributed by atoms with Gasteiger partial charge in [0.2, 0.25) is 27.7 Å². The van der Waals surface area contributed by atoms with Gasteiger partial charge < -0.3 is 25.0 Å². The molecule has 3 N–H and O–H groups in total. The van der Waals surface area contributed by atoms with Crippen LogP contribution in [0.25, 0.3) is 21.7 Å². The van der Waals surface area contributed by atoms with Crippen LogP contribution in [-0.4, -0.2) is 83.7 Å². The van der Waals surface area contributed by atoms with E-state index in [1.807, 2.05) is 60.7 Å². The first-order valence-corrected chi connectivity index (χ1v) is 20.9. The van der Waals surface area contributed by atoms with Crippen LogP contribution in [0.2, 0.25) is 0 Å². The second kappa shape index (κ2) is 14.8. The lowest BCUT2D eigenvalue weighted by Gasteiger charge is -2.30. The Bertz CT molecular complexity index is 2100. The van der Waals surface area contributed by atoms with Gasteiger partial charge in [0.25, 0.3) is 5.91 Å². The van der Waals surface area contributed by atoms with Crippen molar-refractivity contribution in [1.82, 2.24) is 25.2 Å². The van der Waals surface area contributed by atoms with Crippen molar-refractivity contribution < 1.29 is 37.1 Å². The van der Waals surface area contributed by atoms with E-state index in [0.29, 0.717) is 38.0 Å². The number of hydrogen-bond donors (Lipinski definition) is 3. The molecule has 54 heavy (non-hydrogen) atoms. The molecule has 4 amide bonds. The normalized spacial score (nSPS) is 28.6. The van der Waals surface area contributed by atoms with Crippen LogP contribution in [0.3, 0.4) is 0 Å². The summed E-state index contributed by atoms with van der Waals surface area (Å²) in [6.07, 6.45) is 10.4. The van der Waals surface area contributed by atoms with Crippen LogP contribution >= 0.6 is 0 Å². The molecular formula is C40H47N5O8S. The third-order valence-electron chi connectivity index (χ3n) is 11.6. The van der Waals surface area contributed by atoms with Crippen molar-refractivity contribution in [3.05, 3.63) is 60.7 Å². The molecule has 13 nitrogen and oxygen atoms in total. The van der Waals surface area contributed by atoms with Crippen molar-refractivity contribution >= 4 is 55.5 Å². The maximum atomic E-state index is 14.6. The first-order chi connectivity index (χ1) is 26.1. The lowest BCUT2D eigenvalue weighted by atomic mass is 10.0. The highest BCUT2D eigenvalue weighted by molar-refractivity contribution is 7.91. The van der Waals surface area contributed by atoms with Gasteiger partial charge in [0.1, 0.15) is 29.8 Å². The Hall–Kier alpha value is -4.72. The minimum absolute atomic E-state index is 0.0220. The molecule has 2 aliphatic heterocycles. The van der Waals surface area contributed by atoms with Crippen molar-refractivity contribution in [3.63, 3.8) is 0 Å². The van der Waals surface area contributed by atoms with Crippen molar-refractivity contribution in [2.45, 2.75) is 119 Å². The predicted octanol–water partition coefficient (Wildman–Crippen LogP) is 4.78. The Balaban J connectivity index is 1.10. The number of hydrogen-bond acceptors (Lipinski definition) is 9. The van der Waals surface area contributed by atoms with Gasteiger partial charge in [0.05, 0.1) is 17.3 Å². The number of carbonyl (C=O) groups excluding carboxylic acids is 4. The predicted molar refractivity (Wildman–Crippen MR) is 201 cm³/mol. The number of fused-ring (bicyclic) bond motifs is 5. The Morgan fingerprint density at radius 3 is 2.37 bits per heavy atom. The van der Waals surface area contributed by atoms with E-state index in [9.17, 15) is 27.6 Å². The van der Waals surface area contributed by atoms with E-state index < -0.39 is 68.7 Å². The summed E-state index contributed by atoms with van der Waals surface area (Å²) in [6.45, 7) is 0.0220. The molecule has 0 spiro atoms. The van der Waals surface area contributed by atoms with Crippen LogP contribution in [0.5, 0.6) is 5.88 Å². The fraction of sp³-hybridized carbons (Fsp3) is 0.525. The number of nitrogens with one attached hydrogen (secondary N) is 3. The zero-order valence-corrected chi connectivity index (χ0v) is 31.0. The van der Waals surface area contributed by atoms with E-state index in [-0.39, 0.29) is 25.5 Å². The maximum absolute atomic E-state index is 14.6. The summed E-state index contributed by atoms with van der Waals surface area (Å²) in [5.74, 6) is -1.86. The molecule has 4 fully saturated rings. The largest absolute Gasteiger partial charge is 0.472 e. The summed E-state index contributed by atoms with van der Waals surface area (Å²) in [5, 5.41) is 7.82. The molecule has 0 bridgehead atoms. The van der Waals surface area contributed by atoms with Crippen molar-refractivity contribution in [3.8, 4) is 5.88 Å². The molecule has 3 aromatic rings. The molecule has 0 unspecified atom stereocenters. The Morgan fingerprint density at radius 2 is 1.59 bits per heavy atom. The van der Waals surface area contributed by atoms with Gasteiger partial charge in [0.15, 0.2) is 0 Å². The summed E-state index contributed by atoms with van der Waals surface area (Å²) < 4.78 is 40.2. The minimum Gasteiger partial charge on any atom is -0.472 e. The van der Waals surface area contributed by atoms with E-state index in [1.54, 1.807) is 0 Å². The van der Waals surface area contributed by atoms with Crippen molar-refractivity contribution in [1.29, 1.82) is 0 Å². The quantitative estimate of drug-likeness (QED) is 0.227. The van der Waals surface area contributed by atoms with Gasteiger partial charge in [-0.05, 0) is 81.7 Å². The number of amides is 4. The number of nitrogens with zero attached hydrogens (tertiary/aromatic N) is 2. The highest BCUT2D eigenvalue weighted by atomic mass is 32.2. The van der Waals surface area contributed by atoms with Crippen molar-refractivity contribution in [2.75, 3.05) is 6.54 Å². The van der Waals surface area contributed by atoms with Gasteiger partial charge in [-0.2, -0.15) is 0 Å². The molecular weight excluding hydrogens is 711 g/mol. The zero-order valence-electron chi connectivity index (χ0n) is 30.2. The number of aromatic nitrogens is 1. The molecule has 5 aliphatic rings. The fourth-order valence-corrected chi connectivity index (χ4v) is 9.67. The summed E-state index contributed by atoms with van der Waals surface area (Å²) in [4.78, 5) is 62.2. The maximum Gasteiger partial charge on any atom is 0.408 e. The third kappa shape index (κ3) is 7.49. The zero-order chi connectivity index (χ0) is 37.5. The SMILES string of the molecule is O=C(N[C@H]1CCCCC/C=C\[C@@H]2C[C@@]2(C(=O)NS(=O)(=O)C2CC2)NC(=O)[C@@H]2C[C@@H](Oc3nc4ccccc4c4ccccc34)CN2C1=O)OC1CCCC1. The fourth-order valence-electron chi connectivity index (χ4n) is 8.30. The van der Waals surface area contributed by atoms with Crippen molar-refractivity contribution in [2.24, 2.45) is 5.92 Å². The molecule has 8 rings (SSSR count). The number of benzene rings is 2.